The normalized spacial score (nSPS) is 26.4. The predicted molar refractivity (Wildman–Crippen MR) is 92.5 cm³/mol. The van der Waals surface area contributed by atoms with Crippen molar-refractivity contribution in [3.63, 3.8) is 0 Å². The highest BCUT2D eigenvalue weighted by molar-refractivity contribution is 6.36. The number of anilines is 1. The number of nitrogens with zero attached hydrogens (tertiary/aromatic N) is 1. The van der Waals surface area contributed by atoms with Gasteiger partial charge in [0.05, 0.1) is 17.5 Å². The molecule has 1 aromatic carbocycles. The van der Waals surface area contributed by atoms with Crippen molar-refractivity contribution in [2.24, 2.45) is 17.8 Å². The first kappa shape index (κ1) is 16.0. The van der Waals surface area contributed by atoms with Gasteiger partial charge in [0.15, 0.2) is 0 Å². The molecule has 0 spiro atoms. The van der Waals surface area contributed by atoms with Crippen LogP contribution in [0.15, 0.2) is 54.7 Å². The summed E-state index contributed by atoms with van der Waals surface area (Å²) >= 11 is 11.9. The summed E-state index contributed by atoms with van der Waals surface area (Å²) in [5.74, 6) is -1.14. The van der Waals surface area contributed by atoms with Gasteiger partial charge in [0.1, 0.15) is 0 Å². The van der Waals surface area contributed by atoms with E-state index in [9.17, 15) is 9.59 Å². The molecule has 2 fully saturated rings. The summed E-state index contributed by atoms with van der Waals surface area (Å²) < 4.78 is 0. The average Bonchev–Trinajstić information content (AvgIpc) is 3.16. The number of hydrogen-bond donors (Lipinski definition) is 0. The van der Waals surface area contributed by atoms with E-state index in [2.05, 4.69) is 6.58 Å². The maximum Gasteiger partial charge on any atom is 0.238 e. The van der Waals surface area contributed by atoms with Crippen LogP contribution in [-0.2, 0) is 9.59 Å². The number of halogens is 2. The Kier molecular flexibility index (Phi) is 4.17. The zero-order valence-electron chi connectivity index (χ0n) is 12.5. The third-order valence-corrected chi connectivity index (χ3v) is 4.61. The number of hydrogen-bond acceptors (Lipinski definition) is 2. The predicted octanol–water partition coefficient (Wildman–Crippen LogP) is 4.42. The van der Waals surface area contributed by atoms with Crippen molar-refractivity contribution in [3.8, 4) is 0 Å². The van der Waals surface area contributed by atoms with Gasteiger partial charge in [-0.1, -0.05) is 59.7 Å². The second-order valence-electron chi connectivity index (χ2n) is 5.68. The maximum absolute atomic E-state index is 12.6. The second kappa shape index (κ2) is 5.99. The first-order valence-electron chi connectivity index (χ1n) is 7.27. The van der Waals surface area contributed by atoms with Crippen LogP contribution in [0.5, 0.6) is 0 Å². The van der Waals surface area contributed by atoms with Crippen LogP contribution in [0.4, 0.5) is 5.69 Å². The summed E-state index contributed by atoms with van der Waals surface area (Å²) in [4.78, 5) is 26.3. The summed E-state index contributed by atoms with van der Waals surface area (Å²) in [6.07, 6.45) is 7.50. The molecular formula is C18H15Cl2NO2. The number of benzene rings is 1. The Morgan fingerprint density at radius 3 is 2.17 bits per heavy atom. The van der Waals surface area contributed by atoms with Crippen molar-refractivity contribution < 1.29 is 9.59 Å². The molecule has 1 aromatic rings. The van der Waals surface area contributed by atoms with Crippen LogP contribution >= 0.6 is 23.2 Å². The molecule has 1 aliphatic heterocycles. The van der Waals surface area contributed by atoms with Gasteiger partial charge >= 0.3 is 0 Å². The van der Waals surface area contributed by atoms with Crippen molar-refractivity contribution >= 4 is 40.7 Å². The molecule has 2 aliphatic rings. The fourth-order valence-corrected chi connectivity index (χ4v) is 3.63. The Bertz CT molecular complexity index is 724. The van der Waals surface area contributed by atoms with E-state index in [1.165, 1.54) is 4.90 Å². The van der Waals surface area contributed by atoms with Crippen LogP contribution in [0.3, 0.4) is 0 Å². The molecule has 3 nitrogen and oxygen atoms in total. The van der Waals surface area contributed by atoms with Crippen molar-refractivity contribution in [3.05, 3.63) is 64.7 Å². The fraction of sp³-hybridized carbons (Fsp3) is 0.222. The van der Waals surface area contributed by atoms with E-state index >= 15 is 0 Å². The summed E-state index contributed by atoms with van der Waals surface area (Å²) in [6.45, 7) is 5.90. The number of carbonyl (C=O) groups is 2. The molecule has 0 radical (unpaired) electrons. The van der Waals surface area contributed by atoms with E-state index in [-0.39, 0.29) is 29.6 Å². The number of piperidine rings is 1. The lowest BCUT2D eigenvalue weighted by atomic mass is 10.1. The van der Waals surface area contributed by atoms with Gasteiger partial charge in [0.25, 0.3) is 0 Å². The molecule has 0 N–H and O–H groups in total. The van der Waals surface area contributed by atoms with Gasteiger partial charge in [-0.3, -0.25) is 9.59 Å². The van der Waals surface area contributed by atoms with Crippen molar-refractivity contribution in [1.82, 2.24) is 0 Å². The van der Waals surface area contributed by atoms with Crippen LogP contribution in [0.1, 0.15) is 6.92 Å². The Balaban J connectivity index is 1.80. The first-order chi connectivity index (χ1) is 11.0. The molecule has 1 aliphatic carbocycles. The SMILES string of the molecule is C=C(/C=C\C=C/C)C1[C@H]2C(=O)N(c3cc(Cl)cc(Cl)c3)C(=O)[C@@H]12. The summed E-state index contributed by atoms with van der Waals surface area (Å²) in [7, 11) is 0. The molecule has 0 bridgehead atoms. The zero-order chi connectivity index (χ0) is 16.7. The van der Waals surface area contributed by atoms with E-state index in [1.54, 1.807) is 18.2 Å². The van der Waals surface area contributed by atoms with Crippen molar-refractivity contribution in [2.45, 2.75) is 6.92 Å². The largest absolute Gasteiger partial charge is 0.274 e. The standard InChI is InChI=1S/C18H15Cl2NO2/c1-3-4-5-6-10(2)14-15-16(14)18(23)21(17(15)22)13-8-11(19)7-12(20)9-13/h3-9,14-16H,2H2,1H3/b4-3-,6-5-/t14?,15-,16+. The molecule has 3 atom stereocenters. The molecule has 1 saturated carbocycles. The highest BCUT2D eigenvalue weighted by atomic mass is 35.5. The van der Waals surface area contributed by atoms with Crippen molar-refractivity contribution in [2.75, 3.05) is 4.90 Å². The molecule has 1 saturated heterocycles. The molecule has 0 aromatic heterocycles. The van der Waals surface area contributed by atoms with Crippen LogP contribution in [0, 0.1) is 17.8 Å². The molecular weight excluding hydrogens is 333 g/mol. The molecule has 1 heterocycles. The summed E-state index contributed by atoms with van der Waals surface area (Å²) in [6, 6.07) is 4.71. The van der Waals surface area contributed by atoms with Crippen molar-refractivity contribution in [1.29, 1.82) is 0 Å². The molecule has 118 valence electrons. The lowest BCUT2D eigenvalue weighted by molar-refractivity contribution is -0.124. The van der Waals surface area contributed by atoms with E-state index in [0.717, 1.165) is 5.57 Å². The lowest BCUT2D eigenvalue weighted by Crippen LogP contribution is -2.34. The minimum Gasteiger partial charge on any atom is -0.274 e. The zero-order valence-corrected chi connectivity index (χ0v) is 14.0. The van der Waals surface area contributed by atoms with Gasteiger partial charge in [0.2, 0.25) is 11.8 Å². The van der Waals surface area contributed by atoms with Gasteiger partial charge in [-0.15, -0.1) is 0 Å². The molecule has 3 rings (SSSR count). The van der Waals surface area contributed by atoms with Crippen LogP contribution in [0.25, 0.3) is 0 Å². The number of rotatable bonds is 4. The monoisotopic (exact) mass is 347 g/mol. The number of fused-ring (bicyclic) bond motifs is 1. The Morgan fingerprint density at radius 1 is 1.09 bits per heavy atom. The first-order valence-corrected chi connectivity index (χ1v) is 8.03. The van der Waals surface area contributed by atoms with Gasteiger partial charge in [0, 0.05) is 16.0 Å². The Labute approximate surface area is 144 Å². The Morgan fingerprint density at radius 2 is 1.65 bits per heavy atom. The number of allylic oxidation sites excluding steroid dienone is 5. The topological polar surface area (TPSA) is 37.4 Å². The van der Waals surface area contributed by atoms with E-state index < -0.39 is 0 Å². The van der Waals surface area contributed by atoms with E-state index in [4.69, 9.17) is 23.2 Å². The van der Waals surface area contributed by atoms with Gasteiger partial charge < -0.3 is 0 Å². The number of amides is 2. The lowest BCUT2D eigenvalue weighted by Gasteiger charge is -2.19. The second-order valence-corrected chi connectivity index (χ2v) is 6.55. The van der Waals surface area contributed by atoms with Gasteiger partial charge in [-0.2, -0.15) is 0 Å². The van der Waals surface area contributed by atoms with Crippen LogP contribution in [0.2, 0.25) is 10.0 Å². The minimum absolute atomic E-state index is 0.0950. The Hall–Kier alpha value is -1.84. The summed E-state index contributed by atoms with van der Waals surface area (Å²) in [5, 5.41) is 0.785. The number of carbonyl (C=O) groups excluding carboxylic acids is 2. The molecule has 23 heavy (non-hydrogen) atoms. The van der Waals surface area contributed by atoms with Gasteiger partial charge in [-0.05, 0) is 25.1 Å². The minimum atomic E-state index is -0.317. The van der Waals surface area contributed by atoms with E-state index in [1.807, 2.05) is 31.2 Å². The highest BCUT2D eigenvalue weighted by Gasteiger charge is 2.67. The quantitative estimate of drug-likeness (QED) is 0.597. The molecule has 5 heteroatoms. The average molecular weight is 348 g/mol. The highest BCUT2D eigenvalue weighted by Crippen LogP contribution is 2.57. The maximum atomic E-state index is 12.6. The molecule has 1 unspecified atom stereocenters. The van der Waals surface area contributed by atoms with Gasteiger partial charge in [-0.25, -0.2) is 4.90 Å². The third kappa shape index (κ3) is 2.75. The molecule has 2 amide bonds. The number of imide groups is 1. The van der Waals surface area contributed by atoms with Crippen LogP contribution < -0.4 is 4.90 Å². The van der Waals surface area contributed by atoms with Crippen LogP contribution in [-0.4, -0.2) is 11.8 Å². The fourth-order valence-electron chi connectivity index (χ4n) is 3.12. The summed E-state index contributed by atoms with van der Waals surface area (Å²) in [5.41, 5.74) is 1.24. The van der Waals surface area contributed by atoms with E-state index in [0.29, 0.717) is 15.7 Å². The smallest absolute Gasteiger partial charge is 0.238 e. The third-order valence-electron chi connectivity index (χ3n) is 4.18.